The lowest BCUT2D eigenvalue weighted by molar-refractivity contribution is -0.134. The van der Waals surface area contributed by atoms with Crippen LogP contribution in [-0.2, 0) is 16.0 Å². The number of amides is 1. The summed E-state index contributed by atoms with van der Waals surface area (Å²) in [5.41, 5.74) is 1.15. The Kier molecular flexibility index (Phi) is 9.80. The van der Waals surface area contributed by atoms with Crippen molar-refractivity contribution in [3.63, 3.8) is 0 Å². The van der Waals surface area contributed by atoms with Crippen molar-refractivity contribution in [1.29, 1.82) is 0 Å². The number of halogens is 4. The molecular weight excluding hydrogens is 321 g/mol. The second-order valence-corrected chi connectivity index (χ2v) is 4.53. The zero-order valence-electron chi connectivity index (χ0n) is 12.2. The van der Waals surface area contributed by atoms with E-state index < -0.39 is 12.6 Å². The van der Waals surface area contributed by atoms with E-state index in [0.29, 0.717) is 24.4 Å². The largest absolute Gasteiger partial charge is 0.389 e. The first-order valence-electron chi connectivity index (χ1n) is 6.56. The molecule has 0 radical (unpaired) electrons. The normalized spacial score (nSPS) is 10.9. The summed E-state index contributed by atoms with van der Waals surface area (Å²) >= 11 is 0. The van der Waals surface area contributed by atoms with E-state index in [1.54, 1.807) is 31.4 Å². The van der Waals surface area contributed by atoms with Crippen LogP contribution in [0.4, 0.5) is 18.9 Å². The number of anilines is 1. The van der Waals surface area contributed by atoms with Crippen molar-refractivity contribution in [2.24, 2.45) is 0 Å². The Balaban J connectivity index is 0.00000441. The number of hydrogen-bond donors (Lipinski definition) is 2. The first-order chi connectivity index (χ1) is 9.90. The Labute approximate surface area is 133 Å². The molecule has 0 unspecified atom stereocenters. The standard InChI is InChI=1S/C14H19F3N2O2.ClH/c1-21-9-8-18-10-13(20)19-12-4-2-11(3-5-12)6-7-14(15,16)17;/h2-5,18H,6-10H2,1H3,(H,19,20);1H. The summed E-state index contributed by atoms with van der Waals surface area (Å²) in [5.74, 6) is -0.214. The maximum atomic E-state index is 12.1. The molecule has 8 heteroatoms. The average Bonchev–Trinajstić information content (AvgIpc) is 2.42. The molecule has 126 valence electrons. The van der Waals surface area contributed by atoms with Crippen molar-refractivity contribution in [1.82, 2.24) is 5.32 Å². The summed E-state index contributed by atoms with van der Waals surface area (Å²) in [7, 11) is 1.57. The topological polar surface area (TPSA) is 50.4 Å². The minimum absolute atomic E-state index is 0. The number of nitrogens with one attached hydrogen (secondary N) is 2. The Bertz CT molecular complexity index is 439. The Morgan fingerprint density at radius 2 is 1.86 bits per heavy atom. The summed E-state index contributed by atoms with van der Waals surface area (Å²) in [4.78, 5) is 11.6. The molecule has 1 amide bonds. The van der Waals surface area contributed by atoms with Crippen molar-refractivity contribution in [2.45, 2.75) is 19.0 Å². The van der Waals surface area contributed by atoms with Gasteiger partial charge in [0.05, 0.1) is 13.2 Å². The molecule has 1 rings (SSSR count). The smallest absolute Gasteiger partial charge is 0.383 e. The third kappa shape index (κ3) is 9.59. The molecule has 1 aromatic rings. The molecule has 0 aliphatic rings. The number of ether oxygens (including phenoxy) is 1. The van der Waals surface area contributed by atoms with E-state index >= 15 is 0 Å². The first kappa shape index (κ1) is 20.7. The van der Waals surface area contributed by atoms with Gasteiger partial charge < -0.3 is 15.4 Å². The maximum Gasteiger partial charge on any atom is 0.389 e. The lowest BCUT2D eigenvalue weighted by atomic mass is 10.1. The van der Waals surface area contributed by atoms with Crippen molar-refractivity contribution < 1.29 is 22.7 Å². The molecule has 0 atom stereocenters. The zero-order valence-corrected chi connectivity index (χ0v) is 13.0. The number of methoxy groups -OCH3 is 1. The third-order valence-electron chi connectivity index (χ3n) is 2.70. The molecule has 0 fully saturated rings. The molecule has 22 heavy (non-hydrogen) atoms. The number of carbonyl (C=O) groups is 1. The highest BCUT2D eigenvalue weighted by molar-refractivity contribution is 5.92. The van der Waals surface area contributed by atoms with Gasteiger partial charge >= 0.3 is 6.18 Å². The molecule has 0 heterocycles. The number of hydrogen-bond acceptors (Lipinski definition) is 3. The van der Waals surface area contributed by atoms with Gasteiger partial charge in [-0.1, -0.05) is 12.1 Å². The maximum absolute atomic E-state index is 12.1. The van der Waals surface area contributed by atoms with E-state index in [4.69, 9.17) is 4.74 Å². The second kappa shape index (κ2) is 10.4. The number of rotatable bonds is 8. The number of aryl methyl sites for hydroxylation is 1. The summed E-state index contributed by atoms with van der Waals surface area (Å²) in [6.45, 7) is 1.24. The monoisotopic (exact) mass is 340 g/mol. The van der Waals surface area contributed by atoms with Crippen LogP contribution in [0, 0.1) is 0 Å². The number of carbonyl (C=O) groups excluding carboxylic acids is 1. The Morgan fingerprint density at radius 1 is 1.23 bits per heavy atom. The summed E-state index contributed by atoms with van der Waals surface area (Å²) in [5, 5.41) is 5.55. The van der Waals surface area contributed by atoms with Gasteiger partial charge in [0.1, 0.15) is 0 Å². The van der Waals surface area contributed by atoms with Gasteiger partial charge in [-0.2, -0.15) is 13.2 Å². The van der Waals surface area contributed by atoms with Crippen LogP contribution < -0.4 is 10.6 Å². The highest BCUT2D eigenvalue weighted by atomic mass is 35.5. The third-order valence-corrected chi connectivity index (χ3v) is 2.70. The molecule has 0 aliphatic heterocycles. The van der Waals surface area contributed by atoms with Crippen LogP contribution in [0.15, 0.2) is 24.3 Å². The van der Waals surface area contributed by atoms with E-state index in [1.807, 2.05) is 0 Å². The minimum Gasteiger partial charge on any atom is -0.383 e. The molecule has 1 aromatic carbocycles. The van der Waals surface area contributed by atoms with Crippen molar-refractivity contribution in [3.8, 4) is 0 Å². The van der Waals surface area contributed by atoms with Crippen molar-refractivity contribution in [2.75, 3.05) is 32.1 Å². The van der Waals surface area contributed by atoms with Crippen LogP contribution in [-0.4, -0.2) is 38.9 Å². The predicted octanol–water partition coefficient (Wildman–Crippen LogP) is 2.78. The SMILES string of the molecule is COCCNCC(=O)Nc1ccc(CCC(F)(F)F)cc1.Cl. The Hall–Kier alpha value is -1.31. The summed E-state index contributed by atoms with van der Waals surface area (Å²) in [6, 6.07) is 6.36. The fourth-order valence-corrected chi connectivity index (χ4v) is 1.62. The molecule has 2 N–H and O–H groups in total. The molecule has 0 saturated carbocycles. The van der Waals surface area contributed by atoms with Crippen LogP contribution in [0.25, 0.3) is 0 Å². The zero-order chi connectivity index (χ0) is 15.7. The molecule has 0 aromatic heterocycles. The quantitative estimate of drug-likeness (QED) is 0.715. The van der Waals surface area contributed by atoms with Gasteiger partial charge in [-0.3, -0.25) is 4.79 Å². The predicted molar refractivity (Wildman–Crippen MR) is 81.4 cm³/mol. The van der Waals surface area contributed by atoms with E-state index in [0.717, 1.165) is 0 Å². The lowest BCUT2D eigenvalue weighted by Crippen LogP contribution is -2.30. The lowest BCUT2D eigenvalue weighted by Gasteiger charge is -2.08. The molecule has 4 nitrogen and oxygen atoms in total. The van der Waals surface area contributed by atoms with Crippen LogP contribution in [0.2, 0.25) is 0 Å². The minimum atomic E-state index is -4.15. The summed E-state index contributed by atoms with van der Waals surface area (Å²) in [6.07, 6.45) is -5.06. The van der Waals surface area contributed by atoms with E-state index in [-0.39, 0.29) is 31.3 Å². The van der Waals surface area contributed by atoms with Crippen molar-refractivity contribution >= 4 is 24.0 Å². The van der Waals surface area contributed by atoms with E-state index in [9.17, 15) is 18.0 Å². The van der Waals surface area contributed by atoms with Gasteiger partial charge in [0.15, 0.2) is 0 Å². The highest BCUT2D eigenvalue weighted by Gasteiger charge is 2.26. The highest BCUT2D eigenvalue weighted by Crippen LogP contribution is 2.22. The van der Waals surface area contributed by atoms with Gasteiger partial charge in [-0.15, -0.1) is 12.4 Å². The van der Waals surface area contributed by atoms with Crippen LogP contribution in [0.5, 0.6) is 0 Å². The average molecular weight is 341 g/mol. The fraction of sp³-hybridized carbons (Fsp3) is 0.500. The molecule has 0 bridgehead atoms. The first-order valence-corrected chi connectivity index (χ1v) is 6.56. The van der Waals surface area contributed by atoms with Gasteiger partial charge in [-0.05, 0) is 24.1 Å². The van der Waals surface area contributed by atoms with Crippen LogP contribution >= 0.6 is 12.4 Å². The van der Waals surface area contributed by atoms with E-state index in [1.165, 1.54) is 0 Å². The fourth-order valence-electron chi connectivity index (χ4n) is 1.62. The van der Waals surface area contributed by atoms with Crippen LogP contribution in [0.1, 0.15) is 12.0 Å². The number of alkyl halides is 3. The van der Waals surface area contributed by atoms with Crippen molar-refractivity contribution in [3.05, 3.63) is 29.8 Å². The molecular formula is C14H20ClF3N2O2. The van der Waals surface area contributed by atoms with Crippen LogP contribution in [0.3, 0.4) is 0 Å². The number of benzene rings is 1. The van der Waals surface area contributed by atoms with E-state index in [2.05, 4.69) is 10.6 Å². The second-order valence-electron chi connectivity index (χ2n) is 4.53. The Morgan fingerprint density at radius 3 is 2.41 bits per heavy atom. The van der Waals surface area contributed by atoms with Gasteiger partial charge in [0.25, 0.3) is 0 Å². The van der Waals surface area contributed by atoms with Gasteiger partial charge in [-0.25, -0.2) is 0 Å². The molecule has 0 spiro atoms. The van der Waals surface area contributed by atoms with Gasteiger partial charge in [0.2, 0.25) is 5.91 Å². The van der Waals surface area contributed by atoms with Gasteiger partial charge in [0, 0.05) is 25.8 Å². The molecule has 0 aliphatic carbocycles. The molecule has 0 saturated heterocycles. The summed E-state index contributed by atoms with van der Waals surface area (Å²) < 4.78 is 41.1.